The van der Waals surface area contributed by atoms with Gasteiger partial charge in [-0.25, -0.2) is 14.2 Å². The average molecular weight is 250 g/mol. The number of rotatable bonds is 4. The van der Waals surface area contributed by atoms with E-state index in [1.165, 1.54) is 12.1 Å². The Labute approximate surface area is 102 Å². The monoisotopic (exact) mass is 250 g/mol. The van der Waals surface area contributed by atoms with Gasteiger partial charge in [-0.3, -0.25) is 4.68 Å². The van der Waals surface area contributed by atoms with Crippen molar-refractivity contribution >= 4 is 11.7 Å². The Balaban J connectivity index is 2.08. The summed E-state index contributed by atoms with van der Waals surface area (Å²) < 4.78 is 15.1. The van der Waals surface area contributed by atoms with Gasteiger partial charge in [0.2, 0.25) is 0 Å². The number of halogens is 1. The van der Waals surface area contributed by atoms with Crippen molar-refractivity contribution in [2.75, 3.05) is 5.32 Å². The number of hydrogen-bond acceptors (Lipinski definition) is 4. The fourth-order valence-corrected chi connectivity index (χ4v) is 1.43. The number of nitrogens with zero attached hydrogens (tertiary/aromatic N) is 3. The smallest absolute Gasteiger partial charge is 0.335 e. The summed E-state index contributed by atoms with van der Waals surface area (Å²) in [6.07, 6.45) is 1.54. The molecule has 7 heteroatoms. The Morgan fingerprint density at radius 1 is 1.56 bits per heavy atom. The Hall–Kier alpha value is -2.44. The molecule has 0 aliphatic heterocycles. The highest BCUT2D eigenvalue weighted by atomic mass is 19.1. The first kappa shape index (κ1) is 12.0. The standard InChI is InChI=1S/C11H11FN4O2/c1-16-6-14-10(15-16)5-13-9-3-2-7(11(17)18)4-8(9)12/h2-4,6,13H,5H2,1H3,(H,17,18). The van der Waals surface area contributed by atoms with Crippen molar-refractivity contribution in [2.24, 2.45) is 7.05 Å². The van der Waals surface area contributed by atoms with Gasteiger partial charge in [0.05, 0.1) is 17.8 Å². The summed E-state index contributed by atoms with van der Waals surface area (Å²) in [6, 6.07) is 3.68. The number of aryl methyl sites for hydroxylation is 1. The number of carboxylic acids is 1. The van der Waals surface area contributed by atoms with Crippen LogP contribution in [0, 0.1) is 5.82 Å². The number of benzene rings is 1. The third kappa shape index (κ3) is 2.62. The Morgan fingerprint density at radius 3 is 2.89 bits per heavy atom. The Kier molecular flexibility index (Phi) is 3.22. The molecule has 0 spiro atoms. The molecule has 0 fully saturated rings. The number of aromatic carboxylic acids is 1. The number of hydrogen-bond donors (Lipinski definition) is 2. The van der Waals surface area contributed by atoms with Crippen molar-refractivity contribution in [1.29, 1.82) is 0 Å². The summed E-state index contributed by atoms with van der Waals surface area (Å²) in [5, 5.41) is 15.5. The van der Waals surface area contributed by atoms with Crippen LogP contribution in [-0.4, -0.2) is 25.8 Å². The quantitative estimate of drug-likeness (QED) is 0.854. The molecule has 2 aromatic rings. The molecule has 6 nitrogen and oxygen atoms in total. The number of carboxylic acid groups (broad SMARTS) is 1. The first-order chi connectivity index (χ1) is 8.56. The Bertz CT molecular complexity index is 582. The molecule has 2 N–H and O–H groups in total. The SMILES string of the molecule is Cn1cnc(CNc2ccc(C(=O)O)cc2F)n1. The van der Waals surface area contributed by atoms with E-state index in [9.17, 15) is 9.18 Å². The van der Waals surface area contributed by atoms with Crippen LogP contribution < -0.4 is 5.32 Å². The van der Waals surface area contributed by atoms with Gasteiger partial charge in [-0.1, -0.05) is 0 Å². The van der Waals surface area contributed by atoms with Gasteiger partial charge in [0.1, 0.15) is 12.1 Å². The number of nitrogens with one attached hydrogen (secondary N) is 1. The summed E-state index contributed by atoms with van der Waals surface area (Å²) in [6.45, 7) is 0.268. The van der Waals surface area contributed by atoms with Crippen LogP contribution in [0.5, 0.6) is 0 Å². The van der Waals surface area contributed by atoms with Crippen molar-refractivity contribution < 1.29 is 14.3 Å². The molecule has 0 aliphatic rings. The van der Waals surface area contributed by atoms with E-state index in [1.807, 2.05) is 0 Å². The molecule has 0 amide bonds. The van der Waals surface area contributed by atoms with Crippen molar-refractivity contribution in [3.63, 3.8) is 0 Å². The first-order valence-corrected chi connectivity index (χ1v) is 5.17. The second-order valence-corrected chi connectivity index (χ2v) is 3.69. The van der Waals surface area contributed by atoms with E-state index in [1.54, 1.807) is 18.1 Å². The lowest BCUT2D eigenvalue weighted by Crippen LogP contribution is -2.05. The average Bonchev–Trinajstić information content (AvgIpc) is 2.73. The van der Waals surface area contributed by atoms with E-state index >= 15 is 0 Å². The van der Waals surface area contributed by atoms with E-state index in [0.717, 1.165) is 6.07 Å². The normalized spacial score (nSPS) is 10.3. The highest BCUT2D eigenvalue weighted by Crippen LogP contribution is 2.16. The van der Waals surface area contributed by atoms with Crippen molar-refractivity contribution in [1.82, 2.24) is 14.8 Å². The lowest BCUT2D eigenvalue weighted by molar-refractivity contribution is 0.0696. The van der Waals surface area contributed by atoms with Gasteiger partial charge >= 0.3 is 5.97 Å². The summed E-state index contributed by atoms with van der Waals surface area (Å²) in [4.78, 5) is 14.6. The van der Waals surface area contributed by atoms with Crippen LogP contribution in [0.1, 0.15) is 16.2 Å². The molecule has 18 heavy (non-hydrogen) atoms. The first-order valence-electron chi connectivity index (χ1n) is 5.17. The van der Waals surface area contributed by atoms with Gasteiger partial charge in [0.15, 0.2) is 5.82 Å². The minimum absolute atomic E-state index is 0.0889. The molecule has 94 valence electrons. The van der Waals surface area contributed by atoms with E-state index < -0.39 is 11.8 Å². The van der Waals surface area contributed by atoms with E-state index in [2.05, 4.69) is 15.4 Å². The van der Waals surface area contributed by atoms with Crippen molar-refractivity contribution in [3.8, 4) is 0 Å². The number of aromatic nitrogens is 3. The van der Waals surface area contributed by atoms with E-state index in [0.29, 0.717) is 5.82 Å². The molecule has 0 aliphatic carbocycles. The molecule has 1 aromatic carbocycles. The highest BCUT2D eigenvalue weighted by Gasteiger charge is 2.08. The molecule has 0 radical (unpaired) electrons. The van der Waals surface area contributed by atoms with Crippen LogP contribution >= 0.6 is 0 Å². The van der Waals surface area contributed by atoms with E-state index in [-0.39, 0.29) is 17.8 Å². The zero-order valence-electron chi connectivity index (χ0n) is 9.59. The highest BCUT2D eigenvalue weighted by molar-refractivity contribution is 5.88. The summed E-state index contributed by atoms with van der Waals surface area (Å²) >= 11 is 0. The third-order valence-electron chi connectivity index (χ3n) is 2.30. The van der Waals surface area contributed by atoms with Gasteiger partial charge in [-0.05, 0) is 18.2 Å². The molecule has 0 saturated heterocycles. The third-order valence-corrected chi connectivity index (χ3v) is 2.30. The van der Waals surface area contributed by atoms with Gasteiger partial charge in [-0.15, -0.1) is 0 Å². The summed E-state index contributed by atoms with van der Waals surface area (Å²) in [7, 11) is 1.73. The van der Waals surface area contributed by atoms with Crippen LogP contribution in [-0.2, 0) is 13.6 Å². The molecular formula is C11H11FN4O2. The predicted octanol–water partition coefficient (Wildman–Crippen LogP) is 1.26. The van der Waals surface area contributed by atoms with Gasteiger partial charge < -0.3 is 10.4 Å². The van der Waals surface area contributed by atoms with Crippen molar-refractivity contribution in [2.45, 2.75) is 6.54 Å². The number of anilines is 1. The minimum atomic E-state index is -1.16. The predicted molar refractivity (Wildman–Crippen MR) is 61.7 cm³/mol. The second-order valence-electron chi connectivity index (χ2n) is 3.69. The molecule has 0 unspecified atom stereocenters. The molecule has 1 heterocycles. The lowest BCUT2D eigenvalue weighted by atomic mass is 10.2. The van der Waals surface area contributed by atoms with Crippen molar-refractivity contribution in [3.05, 3.63) is 41.7 Å². The van der Waals surface area contributed by atoms with Gasteiger partial charge in [0, 0.05) is 7.05 Å². The minimum Gasteiger partial charge on any atom is -0.478 e. The summed E-state index contributed by atoms with van der Waals surface area (Å²) in [5.74, 6) is -1.25. The van der Waals surface area contributed by atoms with Crippen LogP contribution in [0.4, 0.5) is 10.1 Å². The zero-order chi connectivity index (χ0) is 13.1. The zero-order valence-corrected chi connectivity index (χ0v) is 9.59. The second kappa shape index (κ2) is 4.82. The van der Waals surface area contributed by atoms with Crippen LogP contribution in [0.2, 0.25) is 0 Å². The van der Waals surface area contributed by atoms with E-state index in [4.69, 9.17) is 5.11 Å². The van der Waals surface area contributed by atoms with Gasteiger partial charge in [0.25, 0.3) is 0 Å². The fraction of sp³-hybridized carbons (Fsp3) is 0.182. The molecule has 2 rings (SSSR count). The maximum atomic E-state index is 13.5. The van der Waals surface area contributed by atoms with Crippen LogP contribution in [0.25, 0.3) is 0 Å². The summed E-state index contributed by atoms with van der Waals surface area (Å²) in [5.41, 5.74) is 0.126. The molecular weight excluding hydrogens is 239 g/mol. The molecule has 0 bridgehead atoms. The molecule has 1 aromatic heterocycles. The van der Waals surface area contributed by atoms with Crippen LogP contribution in [0.15, 0.2) is 24.5 Å². The number of carbonyl (C=O) groups is 1. The largest absolute Gasteiger partial charge is 0.478 e. The maximum Gasteiger partial charge on any atom is 0.335 e. The van der Waals surface area contributed by atoms with Gasteiger partial charge in [-0.2, -0.15) is 5.10 Å². The molecule has 0 atom stereocenters. The Morgan fingerprint density at radius 2 is 2.33 bits per heavy atom. The van der Waals surface area contributed by atoms with Crippen LogP contribution in [0.3, 0.4) is 0 Å². The molecule has 0 saturated carbocycles. The topological polar surface area (TPSA) is 80.0 Å². The lowest BCUT2D eigenvalue weighted by Gasteiger charge is -2.05. The fourth-order valence-electron chi connectivity index (χ4n) is 1.43. The maximum absolute atomic E-state index is 13.5.